The summed E-state index contributed by atoms with van der Waals surface area (Å²) in [5.41, 5.74) is 0.501. The first-order chi connectivity index (χ1) is 7.58. The van der Waals surface area contributed by atoms with Crippen molar-refractivity contribution in [3.63, 3.8) is 0 Å². The molecule has 82 valence electrons. The highest BCUT2D eigenvalue weighted by Gasteiger charge is 1.99. The Morgan fingerprint density at radius 1 is 1.31 bits per heavy atom. The van der Waals surface area contributed by atoms with Crippen LogP contribution in [0.4, 0.5) is 4.39 Å². The van der Waals surface area contributed by atoms with Crippen LogP contribution < -0.4 is 0 Å². The van der Waals surface area contributed by atoms with Crippen molar-refractivity contribution in [1.82, 2.24) is 0 Å². The van der Waals surface area contributed by atoms with Gasteiger partial charge in [-0.25, -0.2) is 9.18 Å². The Labute approximate surface area is 92.2 Å². The van der Waals surface area contributed by atoms with Gasteiger partial charge in [0.2, 0.25) is 0 Å². The van der Waals surface area contributed by atoms with Crippen LogP contribution in [0.1, 0.15) is 12.5 Å². The van der Waals surface area contributed by atoms with Gasteiger partial charge in [0.25, 0.3) is 0 Å². The van der Waals surface area contributed by atoms with E-state index in [2.05, 4.69) is 16.6 Å². The number of carbonyl (C=O) groups excluding carboxylic acids is 2. The van der Waals surface area contributed by atoms with Gasteiger partial charge in [-0.1, -0.05) is 5.92 Å². The summed E-state index contributed by atoms with van der Waals surface area (Å²) in [6, 6.07) is 5.37. The molecule has 0 aromatic heterocycles. The molecule has 0 aliphatic rings. The van der Waals surface area contributed by atoms with E-state index < -0.39 is 5.97 Å². The molecule has 0 aliphatic carbocycles. The van der Waals surface area contributed by atoms with Gasteiger partial charge in [-0.05, 0) is 31.2 Å². The molecular weight excluding hydrogens is 211 g/mol. The van der Waals surface area contributed by atoms with Crippen LogP contribution in [0.5, 0.6) is 0 Å². The molecule has 0 spiro atoms. The van der Waals surface area contributed by atoms with Crippen molar-refractivity contribution in [2.45, 2.75) is 6.92 Å². The second-order valence-corrected chi connectivity index (χ2v) is 3.04. The molecule has 16 heavy (non-hydrogen) atoms. The SMILES string of the molecule is CC(=O)COC(=O)C#Cc1ccc(F)cc1. The average Bonchev–Trinajstić information content (AvgIpc) is 2.25. The van der Waals surface area contributed by atoms with Gasteiger partial charge in [0, 0.05) is 11.5 Å². The van der Waals surface area contributed by atoms with Crippen molar-refractivity contribution in [3.8, 4) is 11.8 Å². The smallest absolute Gasteiger partial charge is 0.385 e. The molecule has 0 unspecified atom stereocenters. The zero-order chi connectivity index (χ0) is 12.0. The normalized spacial score (nSPS) is 8.88. The first-order valence-corrected chi connectivity index (χ1v) is 4.51. The molecule has 0 aliphatic heterocycles. The molecule has 1 rings (SSSR count). The lowest BCUT2D eigenvalue weighted by Gasteiger charge is -1.94. The summed E-state index contributed by atoms with van der Waals surface area (Å²) < 4.78 is 17.0. The standard InChI is InChI=1S/C12H9FO3/c1-9(14)8-16-12(15)7-4-10-2-5-11(13)6-3-10/h2-3,5-6H,8H2,1H3. The van der Waals surface area contributed by atoms with Crippen LogP contribution >= 0.6 is 0 Å². The predicted molar refractivity (Wildman–Crippen MR) is 54.9 cm³/mol. The van der Waals surface area contributed by atoms with Crippen LogP contribution in [0.3, 0.4) is 0 Å². The zero-order valence-electron chi connectivity index (χ0n) is 8.62. The molecule has 0 saturated carbocycles. The van der Waals surface area contributed by atoms with E-state index in [-0.39, 0.29) is 18.2 Å². The van der Waals surface area contributed by atoms with Crippen LogP contribution in [0.2, 0.25) is 0 Å². The maximum absolute atomic E-state index is 12.5. The summed E-state index contributed by atoms with van der Waals surface area (Å²) >= 11 is 0. The fraction of sp³-hybridized carbons (Fsp3) is 0.167. The van der Waals surface area contributed by atoms with Gasteiger partial charge in [0.1, 0.15) is 5.82 Å². The topological polar surface area (TPSA) is 43.4 Å². The minimum atomic E-state index is -0.778. The number of carbonyl (C=O) groups is 2. The van der Waals surface area contributed by atoms with Crippen molar-refractivity contribution in [1.29, 1.82) is 0 Å². The maximum Gasteiger partial charge on any atom is 0.385 e. The van der Waals surface area contributed by atoms with Crippen LogP contribution in [-0.2, 0) is 14.3 Å². The molecule has 1 aromatic carbocycles. The van der Waals surface area contributed by atoms with Crippen LogP contribution in [-0.4, -0.2) is 18.4 Å². The van der Waals surface area contributed by atoms with Gasteiger partial charge >= 0.3 is 5.97 Å². The monoisotopic (exact) mass is 220 g/mol. The van der Waals surface area contributed by atoms with E-state index in [1.165, 1.54) is 31.2 Å². The highest BCUT2D eigenvalue weighted by molar-refractivity contribution is 5.91. The number of ether oxygens (including phenoxy) is 1. The second-order valence-electron chi connectivity index (χ2n) is 3.04. The molecular formula is C12H9FO3. The number of esters is 1. The molecule has 0 saturated heterocycles. The van der Waals surface area contributed by atoms with E-state index in [0.29, 0.717) is 5.56 Å². The molecule has 4 heteroatoms. The highest BCUT2D eigenvalue weighted by atomic mass is 19.1. The Bertz CT molecular complexity index is 451. The lowest BCUT2D eigenvalue weighted by atomic mass is 10.2. The Kier molecular flexibility index (Phi) is 4.22. The van der Waals surface area contributed by atoms with E-state index in [1.807, 2.05) is 0 Å². The minimum absolute atomic E-state index is 0.253. The first kappa shape index (κ1) is 11.9. The molecule has 0 fully saturated rings. The van der Waals surface area contributed by atoms with Crippen LogP contribution in [0, 0.1) is 17.7 Å². The lowest BCUT2D eigenvalue weighted by molar-refractivity contribution is -0.141. The Hall–Kier alpha value is -2.15. The van der Waals surface area contributed by atoms with E-state index >= 15 is 0 Å². The molecule has 0 heterocycles. The fourth-order valence-electron chi connectivity index (χ4n) is 0.860. The van der Waals surface area contributed by atoms with Crippen molar-refractivity contribution >= 4 is 11.8 Å². The highest BCUT2D eigenvalue weighted by Crippen LogP contribution is 2.00. The van der Waals surface area contributed by atoms with Crippen molar-refractivity contribution in [2.75, 3.05) is 6.61 Å². The predicted octanol–water partition coefficient (Wildman–Crippen LogP) is 1.31. The summed E-state index contributed by atoms with van der Waals surface area (Å²) in [4.78, 5) is 21.5. The van der Waals surface area contributed by atoms with Crippen LogP contribution in [0.25, 0.3) is 0 Å². The summed E-state index contributed by atoms with van der Waals surface area (Å²) in [5.74, 6) is 3.28. The summed E-state index contributed by atoms with van der Waals surface area (Å²) in [6.07, 6.45) is 0. The third kappa shape index (κ3) is 4.38. The van der Waals surface area contributed by atoms with Gasteiger partial charge in [-0.3, -0.25) is 4.79 Å². The van der Waals surface area contributed by atoms with Gasteiger partial charge in [-0.15, -0.1) is 0 Å². The lowest BCUT2D eigenvalue weighted by Crippen LogP contribution is -2.09. The van der Waals surface area contributed by atoms with Crippen molar-refractivity contribution in [2.24, 2.45) is 0 Å². The third-order valence-electron chi connectivity index (χ3n) is 1.56. The second kappa shape index (κ2) is 5.66. The molecule has 0 radical (unpaired) electrons. The Balaban J connectivity index is 2.57. The summed E-state index contributed by atoms with van der Waals surface area (Å²) in [5, 5.41) is 0. The third-order valence-corrected chi connectivity index (χ3v) is 1.56. The van der Waals surface area contributed by atoms with E-state index in [1.54, 1.807) is 0 Å². The molecule has 0 atom stereocenters. The zero-order valence-corrected chi connectivity index (χ0v) is 8.62. The summed E-state index contributed by atoms with van der Waals surface area (Å²) in [7, 11) is 0. The number of hydrogen-bond acceptors (Lipinski definition) is 3. The Morgan fingerprint density at radius 3 is 2.50 bits per heavy atom. The van der Waals surface area contributed by atoms with Crippen molar-refractivity contribution < 1.29 is 18.7 Å². The quantitative estimate of drug-likeness (QED) is 0.557. The molecule has 0 amide bonds. The number of Topliss-reactive ketones (excluding diaryl/α,β-unsaturated/α-hetero) is 1. The largest absolute Gasteiger partial charge is 0.448 e. The number of benzene rings is 1. The number of halogens is 1. The van der Waals surface area contributed by atoms with Gasteiger partial charge < -0.3 is 4.74 Å². The van der Waals surface area contributed by atoms with E-state index in [4.69, 9.17) is 0 Å². The molecule has 0 N–H and O–H groups in total. The van der Waals surface area contributed by atoms with Crippen LogP contribution in [0.15, 0.2) is 24.3 Å². The van der Waals surface area contributed by atoms with Gasteiger partial charge in [-0.2, -0.15) is 0 Å². The first-order valence-electron chi connectivity index (χ1n) is 4.51. The summed E-state index contributed by atoms with van der Waals surface area (Å²) in [6.45, 7) is 1.03. The van der Waals surface area contributed by atoms with Crippen molar-refractivity contribution in [3.05, 3.63) is 35.6 Å². The molecule has 0 bridgehead atoms. The minimum Gasteiger partial charge on any atom is -0.448 e. The maximum atomic E-state index is 12.5. The fourth-order valence-corrected chi connectivity index (χ4v) is 0.860. The van der Waals surface area contributed by atoms with E-state index in [9.17, 15) is 14.0 Å². The average molecular weight is 220 g/mol. The molecule has 3 nitrogen and oxygen atoms in total. The van der Waals surface area contributed by atoms with Gasteiger partial charge in [0.15, 0.2) is 12.4 Å². The molecule has 1 aromatic rings. The number of rotatable bonds is 2. The number of hydrogen-bond donors (Lipinski definition) is 0. The number of ketones is 1. The van der Waals surface area contributed by atoms with E-state index in [0.717, 1.165) is 0 Å². The Morgan fingerprint density at radius 2 is 1.94 bits per heavy atom. The van der Waals surface area contributed by atoms with Gasteiger partial charge in [0.05, 0.1) is 0 Å².